The first-order valence-corrected chi connectivity index (χ1v) is 7.94. The molecule has 1 aromatic heterocycles. The van der Waals surface area contributed by atoms with Crippen molar-refractivity contribution < 1.29 is 18.0 Å². The van der Waals surface area contributed by atoms with Crippen LogP contribution in [0.2, 0.25) is 0 Å². The van der Waals surface area contributed by atoms with Gasteiger partial charge in [-0.2, -0.15) is 9.37 Å². The Labute approximate surface area is 153 Å². The smallest absolute Gasteiger partial charge is 0.255 e. The fourth-order valence-electron chi connectivity index (χ4n) is 2.33. The predicted molar refractivity (Wildman–Crippen MR) is 96.7 cm³/mol. The minimum Gasteiger partial charge on any atom is -0.397 e. The maximum Gasteiger partial charge on any atom is 0.255 e. The maximum absolute atomic E-state index is 13.5. The third-order valence-corrected chi connectivity index (χ3v) is 3.77. The van der Waals surface area contributed by atoms with E-state index in [-0.39, 0.29) is 12.5 Å². The lowest BCUT2D eigenvalue weighted by atomic mass is 10.1. The predicted octanol–water partition coefficient (Wildman–Crippen LogP) is 3.95. The van der Waals surface area contributed by atoms with Gasteiger partial charge in [0.2, 0.25) is 0 Å². The van der Waals surface area contributed by atoms with Gasteiger partial charge in [-0.1, -0.05) is 24.3 Å². The second-order valence-corrected chi connectivity index (χ2v) is 5.68. The van der Waals surface area contributed by atoms with Crippen LogP contribution in [-0.4, -0.2) is 10.9 Å². The summed E-state index contributed by atoms with van der Waals surface area (Å²) in [6.07, 6.45) is 0. The second kappa shape index (κ2) is 7.77. The Bertz CT molecular complexity index is 977. The molecule has 2 aromatic carbocycles. The molecule has 0 atom stereocenters. The molecule has 1 heterocycles. The van der Waals surface area contributed by atoms with Crippen LogP contribution in [0.25, 0.3) is 0 Å². The highest BCUT2D eigenvalue weighted by Gasteiger charge is 2.12. The van der Waals surface area contributed by atoms with Gasteiger partial charge in [-0.15, -0.1) is 0 Å². The molecule has 0 aliphatic heterocycles. The van der Waals surface area contributed by atoms with E-state index in [9.17, 15) is 18.0 Å². The molecule has 0 aliphatic rings. The van der Waals surface area contributed by atoms with Crippen LogP contribution < -0.4 is 16.4 Å². The highest BCUT2D eigenvalue weighted by atomic mass is 19.2. The number of pyridine rings is 1. The Morgan fingerprint density at radius 3 is 2.41 bits per heavy atom. The van der Waals surface area contributed by atoms with Gasteiger partial charge in [0.25, 0.3) is 11.9 Å². The molecular formula is C19H15F3N4O. The van der Waals surface area contributed by atoms with Gasteiger partial charge in [0.1, 0.15) is 0 Å². The van der Waals surface area contributed by atoms with E-state index >= 15 is 0 Å². The summed E-state index contributed by atoms with van der Waals surface area (Å²) in [5.74, 6) is -4.46. The SMILES string of the molecule is Nc1ccccc1NC(=O)c1ccc(CNc2nc(F)c(F)cc2F)cc1. The Morgan fingerprint density at radius 2 is 1.70 bits per heavy atom. The van der Waals surface area contributed by atoms with E-state index in [4.69, 9.17) is 5.73 Å². The van der Waals surface area contributed by atoms with E-state index in [1.54, 1.807) is 48.5 Å². The number of carbonyl (C=O) groups is 1. The first-order valence-electron chi connectivity index (χ1n) is 7.94. The van der Waals surface area contributed by atoms with Crippen LogP contribution in [-0.2, 0) is 6.54 Å². The summed E-state index contributed by atoms with van der Waals surface area (Å²) in [5.41, 5.74) is 7.84. The van der Waals surface area contributed by atoms with Crippen LogP contribution in [0.1, 0.15) is 15.9 Å². The summed E-state index contributed by atoms with van der Waals surface area (Å²) in [4.78, 5) is 15.4. The molecule has 27 heavy (non-hydrogen) atoms. The van der Waals surface area contributed by atoms with Crippen LogP contribution in [0.5, 0.6) is 0 Å². The number of hydrogen-bond acceptors (Lipinski definition) is 4. The number of nitrogens with one attached hydrogen (secondary N) is 2. The summed E-state index contributed by atoms with van der Waals surface area (Å²) in [7, 11) is 0. The number of nitrogens with zero attached hydrogens (tertiary/aromatic N) is 1. The van der Waals surface area contributed by atoms with Gasteiger partial charge in [-0.3, -0.25) is 4.79 Å². The number of aromatic nitrogens is 1. The topological polar surface area (TPSA) is 80.0 Å². The Morgan fingerprint density at radius 1 is 1.00 bits per heavy atom. The second-order valence-electron chi connectivity index (χ2n) is 5.68. The number of nitrogen functional groups attached to an aromatic ring is 1. The number of para-hydroxylation sites is 2. The lowest BCUT2D eigenvalue weighted by Gasteiger charge is -2.09. The molecule has 0 spiro atoms. The fraction of sp³-hybridized carbons (Fsp3) is 0.0526. The maximum atomic E-state index is 13.5. The molecule has 1 amide bonds. The van der Waals surface area contributed by atoms with Crippen molar-refractivity contribution in [2.75, 3.05) is 16.4 Å². The van der Waals surface area contributed by atoms with Crippen molar-refractivity contribution in [1.29, 1.82) is 0 Å². The molecule has 0 unspecified atom stereocenters. The van der Waals surface area contributed by atoms with Crippen LogP contribution in [0.15, 0.2) is 54.6 Å². The fourth-order valence-corrected chi connectivity index (χ4v) is 2.33. The Hall–Kier alpha value is -3.55. The van der Waals surface area contributed by atoms with E-state index in [1.165, 1.54) is 0 Å². The molecule has 4 N–H and O–H groups in total. The molecule has 0 aliphatic carbocycles. The molecule has 0 saturated carbocycles. The quantitative estimate of drug-likeness (QED) is 0.468. The van der Waals surface area contributed by atoms with Gasteiger partial charge in [0, 0.05) is 18.2 Å². The average Bonchev–Trinajstić information content (AvgIpc) is 2.66. The summed E-state index contributed by atoms with van der Waals surface area (Å²) in [6.45, 7) is 0.114. The van der Waals surface area contributed by atoms with Gasteiger partial charge in [-0.25, -0.2) is 8.78 Å². The van der Waals surface area contributed by atoms with Crippen LogP contribution in [0.4, 0.5) is 30.4 Å². The average molecular weight is 372 g/mol. The molecule has 0 radical (unpaired) electrons. The molecule has 5 nitrogen and oxygen atoms in total. The Kier molecular flexibility index (Phi) is 5.25. The zero-order valence-electron chi connectivity index (χ0n) is 14.0. The monoisotopic (exact) mass is 372 g/mol. The summed E-state index contributed by atoms with van der Waals surface area (Å²) >= 11 is 0. The standard InChI is InChI=1S/C19H15F3N4O/c20-13-9-14(21)18(26-17(13)22)24-10-11-5-7-12(8-6-11)19(27)25-16-4-2-1-3-15(16)23/h1-9H,10,23H2,(H,24,26)(H,25,27). The van der Waals surface area contributed by atoms with Crippen LogP contribution in [0, 0.1) is 17.6 Å². The number of anilines is 3. The van der Waals surface area contributed by atoms with E-state index in [1.807, 2.05) is 0 Å². The van der Waals surface area contributed by atoms with Crippen molar-refractivity contribution in [1.82, 2.24) is 4.98 Å². The zero-order valence-corrected chi connectivity index (χ0v) is 14.0. The highest BCUT2D eigenvalue weighted by molar-refractivity contribution is 6.05. The largest absolute Gasteiger partial charge is 0.397 e. The van der Waals surface area contributed by atoms with E-state index in [0.717, 1.165) is 0 Å². The number of rotatable bonds is 5. The minimum atomic E-state index is -1.38. The highest BCUT2D eigenvalue weighted by Crippen LogP contribution is 2.19. The molecule has 0 bridgehead atoms. The molecule has 3 rings (SSSR count). The van der Waals surface area contributed by atoms with Gasteiger partial charge in [-0.05, 0) is 29.8 Å². The lowest BCUT2D eigenvalue weighted by Crippen LogP contribution is -2.13. The zero-order chi connectivity index (χ0) is 19.4. The van der Waals surface area contributed by atoms with E-state index < -0.39 is 23.4 Å². The molecule has 138 valence electrons. The molecule has 8 heteroatoms. The minimum absolute atomic E-state index is 0.114. The molecular weight excluding hydrogens is 357 g/mol. The number of amides is 1. The van der Waals surface area contributed by atoms with Crippen molar-refractivity contribution >= 4 is 23.1 Å². The van der Waals surface area contributed by atoms with Gasteiger partial charge < -0.3 is 16.4 Å². The van der Waals surface area contributed by atoms with Crippen molar-refractivity contribution in [3.05, 3.63) is 83.3 Å². The summed E-state index contributed by atoms with van der Waals surface area (Å²) in [6, 6.07) is 13.8. The summed E-state index contributed by atoms with van der Waals surface area (Å²) in [5, 5.41) is 5.29. The van der Waals surface area contributed by atoms with Crippen molar-refractivity contribution in [2.45, 2.75) is 6.54 Å². The first kappa shape index (κ1) is 18.2. The van der Waals surface area contributed by atoms with Gasteiger partial charge >= 0.3 is 0 Å². The number of nitrogens with two attached hydrogens (primary N) is 1. The van der Waals surface area contributed by atoms with E-state index in [0.29, 0.717) is 28.6 Å². The van der Waals surface area contributed by atoms with E-state index in [2.05, 4.69) is 15.6 Å². The van der Waals surface area contributed by atoms with Gasteiger partial charge in [0.05, 0.1) is 11.4 Å². The number of halogens is 3. The number of hydrogen-bond donors (Lipinski definition) is 3. The van der Waals surface area contributed by atoms with Crippen LogP contribution >= 0.6 is 0 Å². The third kappa shape index (κ3) is 4.35. The Balaban J connectivity index is 1.64. The normalized spacial score (nSPS) is 10.5. The first-order chi connectivity index (χ1) is 12.9. The molecule has 0 saturated heterocycles. The van der Waals surface area contributed by atoms with Crippen LogP contribution in [0.3, 0.4) is 0 Å². The summed E-state index contributed by atoms with van der Waals surface area (Å²) < 4.78 is 39.5. The molecule has 3 aromatic rings. The van der Waals surface area contributed by atoms with Gasteiger partial charge in [0.15, 0.2) is 17.5 Å². The van der Waals surface area contributed by atoms with Crippen molar-refractivity contribution in [2.24, 2.45) is 0 Å². The number of benzene rings is 2. The lowest BCUT2D eigenvalue weighted by molar-refractivity contribution is 0.102. The van der Waals surface area contributed by atoms with Crippen molar-refractivity contribution in [3.8, 4) is 0 Å². The van der Waals surface area contributed by atoms with Crippen molar-refractivity contribution in [3.63, 3.8) is 0 Å². The molecule has 0 fully saturated rings. The third-order valence-electron chi connectivity index (χ3n) is 3.77. The number of carbonyl (C=O) groups excluding carboxylic acids is 1.